The van der Waals surface area contributed by atoms with Crippen molar-refractivity contribution in [2.24, 2.45) is 0 Å². The Balaban J connectivity index is 2.94. The zero-order chi connectivity index (χ0) is 15.2. The SMILES string of the molecule is CCSC(=CC(=O)c1ccc(S(C)(=O)=O)cc1)SCC. The van der Waals surface area contributed by atoms with Crippen molar-refractivity contribution in [3.63, 3.8) is 0 Å². The van der Waals surface area contributed by atoms with Crippen molar-refractivity contribution in [3.8, 4) is 0 Å². The Kier molecular flexibility index (Phi) is 6.85. The number of hydrogen-bond donors (Lipinski definition) is 0. The zero-order valence-corrected chi connectivity index (χ0v) is 14.2. The Hall–Kier alpha value is -0.720. The first kappa shape index (κ1) is 17.3. The van der Waals surface area contributed by atoms with Crippen LogP contribution in [0.15, 0.2) is 39.5 Å². The van der Waals surface area contributed by atoms with E-state index in [0.29, 0.717) is 5.56 Å². The van der Waals surface area contributed by atoms with E-state index in [4.69, 9.17) is 0 Å². The van der Waals surface area contributed by atoms with Crippen LogP contribution in [-0.4, -0.2) is 32.0 Å². The maximum absolute atomic E-state index is 12.1. The fourth-order valence-corrected chi connectivity index (χ4v) is 4.09. The highest BCUT2D eigenvalue weighted by Crippen LogP contribution is 2.28. The largest absolute Gasteiger partial charge is 0.289 e. The summed E-state index contributed by atoms with van der Waals surface area (Å²) in [5.74, 6) is 1.74. The number of carbonyl (C=O) groups is 1. The maximum atomic E-state index is 12.1. The van der Waals surface area contributed by atoms with Crippen LogP contribution in [0.1, 0.15) is 24.2 Å². The van der Waals surface area contributed by atoms with Crippen LogP contribution >= 0.6 is 23.5 Å². The second-order valence-electron chi connectivity index (χ2n) is 3.99. The van der Waals surface area contributed by atoms with Crippen LogP contribution in [-0.2, 0) is 9.84 Å². The van der Waals surface area contributed by atoms with Crippen molar-refractivity contribution >= 4 is 39.1 Å². The standard InChI is InChI=1S/C14H18O3S3/c1-4-18-14(19-5-2)10-13(15)11-6-8-12(9-7-11)20(3,16)17/h6-10H,4-5H2,1-3H3. The quantitative estimate of drug-likeness (QED) is 0.564. The average molecular weight is 330 g/mol. The van der Waals surface area contributed by atoms with Gasteiger partial charge in [0, 0.05) is 22.1 Å². The minimum atomic E-state index is -3.22. The lowest BCUT2D eigenvalue weighted by molar-refractivity contribution is 0.104. The summed E-state index contributed by atoms with van der Waals surface area (Å²) in [5.41, 5.74) is 0.503. The molecule has 0 amide bonds. The summed E-state index contributed by atoms with van der Waals surface area (Å²) in [6, 6.07) is 6.05. The van der Waals surface area contributed by atoms with E-state index in [9.17, 15) is 13.2 Å². The number of hydrogen-bond acceptors (Lipinski definition) is 5. The van der Waals surface area contributed by atoms with Gasteiger partial charge in [-0.05, 0) is 35.8 Å². The molecule has 0 unspecified atom stereocenters. The number of benzene rings is 1. The van der Waals surface area contributed by atoms with E-state index in [1.165, 1.54) is 12.1 Å². The number of rotatable bonds is 7. The first-order valence-electron chi connectivity index (χ1n) is 6.20. The van der Waals surface area contributed by atoms with Crippen LogP contribution in [0.3, 0.4) is 0 Å². The van der Waals surface area contributed by atoms with Crippen LogP contribution in [0.2, 0.25) is 0 Å². The van der Waals surface area contributed by atoms with E-state index >= 15 is 0 Å². The fourth-order valence-electron chi connectivity index (χ4n) is 1.47. The first-order valence-corrected chi connectivity index (χ1v) is 10.1. The third kappa shape index (κ3) is 5.34. The highest BCUT2D eigenvalue weighted by molar-refractivity contribution is 8.22. The van der Waals surface area contributed by atoms with Gasteiger partial charge in [0.05, 0.1) is 4.90 Å². The van der Waals surface area contributed by atoms with E-state index in [1.54, 1.807) is 41.7 Å². The molecule has 1 aromatic carbocycles. The molecule has 0 spiro atoms. The molecule has 0 N–H and O–H groups in total. The Bertz CT molecular complexity index is 579. The van der Waals surface area contributed by atoms with Gasteiger partial charge in [-0.15, -0.1) is 23.5 Å². The lowest BCUT2D eigenvalue weighted by Gasteiger charge is -2.04. The van der Waals surface area contributed by atoms with Gasteiger partial charge in [0.1, 0.15) is 0 Å². The van der Waals surface area contributed by atoms with E-state index < -0.39 is 9.84 Å². The summed E-state index contributed by atoms with van der Waals surface area (Å²) in [5, 5.41) is 0. The molecule has 0 saturated heterocycles. The van der Waals surface area contributed by atoms with Gasteiger partial charge in [0.2, 0.25) is 0 Å². The normalized spacial score (nSPS) is 11.2. The van der Waals surface area contributed by atoms with E-state index in [2.05, 4.69) is 0 Å². The Labute approximate surface area is 129 Å². The van der Waals surface area contributed by atoms with Gasteiger partial charge in [0.25, 0.3) is 0 Å². The summed E-state index contributed by atoms with van der Waals surface area (Å²) in [7, 11) is -3.22. The average Bonchev–Trinajstić information content (AvgIpc) is 2.38. The van der Waals surface area contributed by atoms with Crippen LogP contribution in [0.25, 0.3) is 0 Å². The molecule has 1 rings (SSSR count). The second-order valence-corrected chi connectivity index (χ2v) is 8.88. The summed E-state index contributed by atoms with van der Waals surface area (Å²) < 4.78 is 23.7. The molecule has 20 heavy (non-hydrogen) atoms. The monoisotopic (exact) mass is 330 g/mol. The molecule has 1 aromatic rings. The summed E-state index contributed by atoms with van der Waals surface area (Å²) in [6.07, 6.45) is 2.77. The molecule has 3 nitrogen and oxygen atoms in total. The van der Waals surface area contributed by atoms with Crippen molar-refractivity contribution in [1.82, 2.24) is 0 Å². The maximum Gasteiger partial charge on any atom is 0.187 e. The highest BCUT2D eigenvalue weighted by Gasteiger charge is 2.09. The Morgan fingerprint density at radius 3 is 2.00 bits per heavy atom. The zero-order valence-electron chi connectivity index (χ0n) is 11.8. The molecule has 0 aliphatic heterocycles. The predicted octanol–water partition coefficient (Wildman–Crippen LogP) is 3.62. The molecule has 0 aromatic heterocycles. The summed E-state index contributed by atoms with van der Waals surface area (Å²) in [6.45, 7) is 4.08. The van der Waals surface area contributed by atoms with E-state index in [1.807, 2.05) is 13.8 Å². The second kappa shape index (κ2) is 7.90. The minimum absolute atomic E-state index is 0.0954. The van der Waals surface area contributed by atoms with E-state index in [0.717, 1.165) is 22.0 Å². The molecule has 0 atom stereocenters. The van der Waals surface area contributed by atoms with Gasteiger partial charge in [-0.25, -0.2) is 8.42 Å². The van der Waals surface area contributed by atoms with Gasteiger partial charge in [-0.1, -0.05) is 13.8 Å². The van der Waals surface area contributed by atoms with Gasteiger partial charge in [0.15, 0.2) is 15.6 Å². The Morgan fingerprint density at radius 1 is 1.10 bits per heavy atom. The fraction of sp³-hybridized carbons (Fsp3) is 0.357. The molecule has 0 saturated carbocycles. The molecular formula is C14H18O3S3. The van der Waals surface area contributed by atoms with Crippen LogP contribution in [0.4, 0.5) is 0 Å². The molecule has 110 valence electrons. The number of thioether (sulfide) groups is 2. The third-order valence-electron chi connectivity index (χ3n) is 2.39. The van der Waals surface area contributed by atoms with Gasteiger partial charge >= 0.3 is 0 Å². The van der Waals surface area contributed by atoms with Crippen LogP contribution in [0.5, 0.6) is 0 Å². The summed E-state index contributed by atoms with van der Waals surface area (Å²) in [4.78, 5) is 12.3. The van der Waals surface area contributed by atoms with Crippen molar-refractivity contribution in [1.29, 1.82) is 0 Å². The van der Waals surface area contributed by atoms with E-state index in [-0.39, 0.29) is 10.7 Å². The van der Waals surface area contributed by atoms with Crippen molar-refractivity contribution in [3.05, 3.63) is 40.1 Å². The van der Waals surface area contributed by atoms with Crippen LogP contribution < -0.4 is 0 Å². The molecule has 0 fully saturated rings. The molecular weight excluding hydrogens is 312 g/mol. The molecule has 0 aliphatic rings. The smallest absolute Gasteiger partial charge is 0.187 e. The third-order valence-corrected chi connectivity index (χ3v) is 5.61. The number of sulfone groups is 1. The topological polar surface area (TPSA) is 51.2 Å². The van der Waals surface area contributed by atoms with Gasteiger partial charge in [-0.3, -0.25) is 4.79 Å². The molecule has 0 heterocycles. The molecule has 0 bridgehead atoms. The van der Waals surface area contributed by atoms with Gasteiger partial charge in [-0.2, -0.15) is 0 Å². The van der Waals surface area contributed by atoms with Crippen molar-refractivity contribution in [2.45, 2.75) is 18.7 Å². The van der Waals surface area contributed by atoms with Gasteiger partial charge < -0.3 is 0 Å². The number of carbonyl (C=O) groups excluding carboxylic acids is 1. The number of ketones is 1. The lowest BCUT2D eigenvalue weighted by Crippen LogP contribution is -1.99. The predicted molar refractivity (Wildman–Crippen MR) is 88.2 cm³/mol. The Morgan fingerprint density at radius 2 is 1.60 bits per heavy atom. The minimum Gasteiger partial charge on any atom is -0.289 e. The summed E-state index contributed by atoms with van der Waals surface area (Å²) >= 11 is 3.28. The van der Waals surface area contributed by atoms with Crippen LogP contribution in [0, 0.1) is 0 Å². The van der Waals surface area contributed by atoms with Crippen molar-refractivity contribution in [2.75, 3.05) is 17.8 Å². The van der Waals surface area contributed by atoms with Crippen molar-refractivity contribution < 1.29 is 13.2 Å². The lowest BCUT2D eigenvalue weighted by atomic mass is 10.1. The molecule has 0 radical (unpaired) electrons. The molecule has 0 aliphatic carbocycles. The first-order chi connectivity index (χ1) is 9.38. The molecule has 6 heteroatoms. The number of allylic oxidation sites excluding steroid dienone is 1. The highest BCUT2D eigenvalue weighted by atomic mass is 32.2.